The summed E-state index contributed by atoms with van der Waals surface area (Å²) in [4.78, 5) is 22.7. The van der Waals surface area contributed by atoms with Gasteiger partial charge < -0.3 is 4.74 Å². The molecule has 0 N–H and O–H groups in total. The predicted molar refractivity (Wildman–Crippen MR) is 56.1 cm³/mol. The summed E-state index contributed by atoms with van der Waals surface area (Å²) in [6.07, 6.45) is -0.794. The second kappa shape index (κ2) is 4.43. The number of carbonyl (C=O) groups is 2. The van der Waals surface area contributed by atoms with Gasteiger partial charge >= 0.3 is 6.09 Å². The van der Waals surface area contributed by atoms with Crippen LogP contribution in [0.5, 0.6) is 0 Å². The summed E-state index contributed by atoms with van der Waals surface area (Å²) < 4.78 is 2.92. The predicted octanol–water partition coefficient (Wildman–Crippen LogP) is 2.10. The lowest BCUT2D eigenvalue weighted by molar-refractivity contribution is -0.136. The van der Waals surface area contributed by atoms with E-state index in [4.69, 9.17) is 34.8 Å². The minimum absolute atomic E-state index is 0.275. The topological polar surface area (TPSA) is 46.6 Å². The molecule has 1 aliphatic rings. The first kappa shape index (κ1) is 12.4. The molecule has 0 bridgehead atoms. The van der Waals surface area contributed by atoms with Crippen molar-refractivity contribution in [3.63, 3.8) is 0 Å². The molecule has 0 aromatic rings. The smallest absolute Gasteiger partial charge is 0.416 e. The minimum atomic E-state index is -1.66. The summed E-state index contributed by atoms with van der Waals surface area (Å²) in [5.41, 5.74) is 0. The highest BCUT2D eigenvalue weighted by molar-refractivity contribution is 9.10. The third kappa shape index (κ3) is 3.15. The normalized spacial score (nSPS) is 21.9. The van der Waals surface area contributed by atoms with Gasteiger partial charge in [-0.3, -0.25) is 4.79 Å². The van der Waals surface area contributed by atoms with Gasteiger partial charge in [-0.1, -0.05) is 50.7 Å². The van der Waals surface area contributed by atoms with Gasteiger partial charge in [-0.25, -0.2) is 9.69 Å². The number of nitrogens with zero attached hydrogens (tertiary/aromatic N) is 1. The number of hydrogen-bond acceptors (Lipinski definition) is 3. The third-order valence-electron chi connectivity index (χ3n) is 1.46. The van der Waals surface area contributed by atoms with Gasteiger partial charge in [0.05, 0.1) is 6.54 Å². The van der Waals surface area contributed by atoms with E-state index >= 15 is 0 Å². The molecule has 4 nitrogen and oxygen atoms in total. The number of likely N-dealkylation sites (tertiary alicyclic amines) is 1. The maximum atomic E-state index is 11.1. The Kier molecular flexibility index (Phi) is 3.91. The quantitative estimate of drug-likeness (QED) is 0.548. The summed E-state index contributed by atoms with van der Waals surface area (Å²) in [5.74, 6) is -0.348. The van der Waals surface area contributed by atoms with Crippen LogP contribution in [0.2, 0.25) is 0 Å². The average molecular weight is 325 g/mol. The molecule has 1 heterocycles. The number of amides is 2. The zero-order valence-electron chi connectivity index (χ0n) is 6.68. The molecule has 1 saturated heterocycles. The van der Waals surface area contributed by atoms with Crippen LogP contribution in [0.25, 0.3) is 0 Å². The summed E-state index contributed by atoms with van der Waals surface area (Å²) in [6.45, 7) is -0.106. The van der Waals surface area contributed by atoms with Crippen molar-refractivity contribution in [2.24, 2.45) is 0 Å². The molecule has 1 unspecified atom stereocenters. The van der Waals surface area contributed by atoms with E-state index in [1.807, 2.05) is 0 Å². The molecule has 1 rings (SSSR count). The molecule has 8 heteroatoms. The van der Waals surface area contributed by atoms with Crippen molar-refractivity contribution in [2.75, 3.05) is 13.2 Å². The number of carbonyl (C=O) groups excluding carboxylic acids is 2. The zero-order chi connectivity index (χ0) is 10.9. The maximum Gasteiger partial charge on any atom is 0.416 e. The van der Waals surface area contributed by atoms with Gasteiger partial charge in [-0.2, -0.15) is 0 Å². The first-order valence-corrected chi connectivity index (χ1v) is 5.55. The summed E-state index contributed by atoms with van der Waals surface area (Å²) in [7, 11) is 0. The highest BCUT2D eigenvalue weighted by Crippen LogP contribution is 2.27. The summed E-state index contributed by atoms with van der Waals surface area (Å²) in [6, 6.07) is 0. The molecule has 0 aromatic carbocycles. The van der Waals surface area contributed by atoms with Crippen LogP contribution in [-0.4, -0.2) is 38.7 Å². The van der Waals surface area contributed by atoms with Gasteiger partial charge in [0, 0.05) is 0 Å². The molecule has 0 saturated carbocycles. The van der Waals surface area contributed by atoms with Gasteiger partial charge in [0.1, 0.15) is 11.4 Å². The zero-order valence-corrected chi connectivity index (χ0v) is 10.5. The van der Waals surface area contributed by atoms with E-state index in [0.29, 0.717) is 0 Å². The van der Waals surface area contributed by atoms with E-state index in [9.17, 15) is 9.59 Å². The van der Waals surface area contributed by atoms with Crippen LogP contribution in [0.15, 0.2) is 0 Å². The Balaban J connectivity index is 2.34. The van der Waals surface area contributed by atoms with Gasteiger partial charge in [-0.15, -0.1) is 0 Å². The minimum Gasteiger partial charge on any atom is -0.445 e. The Labute approximate surface area is 104 Å². The number of hydrogen-bond donors (Lipinski definition) is 0. The second-order valence-corrected chi connectivity index (χ2v) is 6.21. The number of rotatable bonds is 1. The molecule has 1 atom stereocenters. The number of alkyl halides is 4. The Hall–Kier alpha value is 0.290. The van der Waals surface area contributed by atoms with E-state index < -0.39 is 9.89 Å². The largest absolute Gasteiger partial charge is 0.445 e. The van der Waals surface area contributed by atoms with Crippen molar-refractivity contribution in [3.05, 3.63) is 0 Å². The molecule has 1 aliphatic heterocycles. The lowest BCUT2D eigenvalue weighted by Crippen LogP contribution is -2.56. The molecule has 0 spiro atoms. The highest BCUT2D eigenvalue weighted by atomic mass is 79.9. The summed E-state index contributed by atoms with van der Waals surface area (Å²) >= 11 is 19.1. The maximum absolute atomic E-state index is 11.1. The SMILES string of the molecule is O=C(OCC(Cl)(Cl)Cl)N1CC(Br)C1=O. The summed E-state index contributed by atoms with van der Waals surface area (Å²) in [5, 5.41) is 0. The van der Waals surface area contributed by atoms with Gasteiger partial charge in [0.25, 0.3) is 0 Å². The van der Waals surface area contributed by atoms with Crippen molar-refractivity contribution in [2.45, 2.75) is 8.62 Å². The number of imide groups is 1. The lowest BCUT2D eigenvalue weighted by Gasteiger charge is -2.32. The Morgan fingerprint density at radius 3 is 2.57 bits per heavy atom. The van der Waals surface area contributed by atoms with Crippen LogP contribution in [0.4, 0.5) is 4.79 Å². The first-order chi connectivity index (χ1) is 6.31. The molecule has 2 amide bonds. The molecule has 14 heavy (non-hydrogen) atoms. The highest BCUT2D eigenvalue weighted by Gasteiger charge is 2.40. The fourth-order valence-electron chi connectivity index (χ4n) is 0.771. The Morgan fingerprint density at radius 1 is 1.64 bits per heavy atom. The van der Waals surface area contributed by atoms with E-state index in [2.05, 4.69) is 20.7 Å². The Bertz CT molecular complexity index is 268. The Morgan fingerprint density at radius 2 is 2.21 bits per heavy atom. The van der Waals surface area contributed by atoms with E-state index in [1.165, 1.54) is 0 Å². The van der Waals surface area contributed by atoms with Crippen molar-refractivity contribution in [1.82, 2.24) is 4.90 Å². The molecular weight excluding hydrogens is 320 g/mol. The molecule has 1 fully saturated rings. The van der Waals surface area contributed by atoms with Crippen LogP contribution in [0.1, 0.15) is 0 Å². The fourth-order valence-corrected chi connectivity index (χ4v) is 1.47. The first-order valence-electron chi connectivity index (χ1n) is 3.50. The van der Waals surface area contributed by atoms with Crippen LogP contribution in [0.3, 0.4) is 0 Å². The van der Waals surface area contributed by atoms with E-state index in [0.717, 1.165) is 4.90 Å². The second-order valence-electron chi connectivity index (χ2n) is 2.59. The number of ether oxygens (including phenoxy) is 1. The fraction of sp³-hybridized carbons (Fsp3) is 0.667. The van der Waals surface area contributed by atoms with Crippen LogP contribution in [0, 0.1) is 0 Å². The van der Waals surface area contributed by atoms with Crippen molar-refractivity contribution in [3.8, 4) is 0 Å². The van der Waals surface area contributed by atoms with Crippen molar-refractivity contribution >= 4 is 62.7 Å². The van der Waals surface area contributed by atoms with Crippen LogP contribution < -0.4 is 0 Å². The molecule has 0 radical (unpaired) electrons. The van der Waals surface area contributed by atoms with Gasteiger partial charge in [-0.05, 0) is 0 Å². The van der Waals surface area contributed by atoms with Crippen molar-refractivity contribution < 1.29 is 14.3 Å². The monoisotopic (exact) mass is 323 g/mol. The van der Waals surface area contributed by atoms with Gasteiger partial charge in [0.2, 0.25) is 9.70 Å². The van der Waals surface area contributed by atoms with Gasteiger partial charge in [0.15, 0.2) is 0 Å². The van der Waals surface area contributed by atoms with Crippen molar-refractivity contribution in [1.29, 1.82) is 0 Å². The number of β-lactam (4-membered cyclic amide) rings is 1. The van der Waals surface area contributed by atoms with Crippen LogP contribution in [-0.2, 0) is 9.53 Å². The molecular formula is C6H5BrCl3NO3. The van der Waals surface area contributed by atoms with Crippen LogP contribution >= 0.6 is 50.7 Å². The van der Waals surface area contributed by atoms with E-state index in [-0.39, 0.29) is 23.9 Å². The van der Waals surface area contributed by atoms with E-state index in [1.54, 1.807) is 0 Å². The third-order valence-corrected chi connectivity index (χ3v) is 2.47. The molecule has 80 valence electrons. The molecule has 0 aromatic heterocycles. The molecule has 0 aliphatic carbocycles. The lowest BCUT2D eigenvalue weighted by atomic mass is 10.2. The number of halogens is 4. The average Bonchev–Trinajstić information content (AvgIpc) is 2.08. The standard InChI is InChI=1S/C6H5BrCl3NO3/c7-3-1-11(4(3)12)5(13)14-2-6(8,9)10/h3H,1-2H2.